The van der Waals surface area contributed by atoms with Crippen molar-refractivity contribution in [3.05, 3.63) is 46.7 Å². The molecule has 2 aromatic rings. The third kappa shape index (κ3) is 3.99. The molecule has 21 heavy (non-hydrogen) atoms. The summed E-state index contributed by atoms with van der Waals surface area (Å²) in [5, 5.41) is 8.43. The minimum absolute atomic E-state index is 0.233. The molecule has 0 bridgehead atoms. The van der Waals surface area contributed by atoms with Gasteiger partial charge in [-0.3, -0.25) is 4.68 Å². The number of hydrogen-bond acceptors (Lipinski definition) is 3. The molecule has 0 fully saturated rings. The molecule has 1 heterocycles. The van der Waals surface area contributed by atoms with E-state index in [9.17, 15) is 0 Å². The van der Waals surface area contributed by atoms with Crippen molar-refractivity contribution in [1.29, 1.82) is 0 Å². The van der Waals surface area contributed by atoms with Crippen LogP contribution in [0.2, 0.25) is 5.02 Å². The molecule has 0 saturated heterocycles. The smallest absolute Gasteiger partial charge is 0.125 e. The molecule has 2 rings (SSSR count). The normalized spacial score (nSPS) is 12.4. The Morgan fingerprint density at radius 3 is 2.81 bits per heavy atom. The summed E-state index contributed by atoms with van der Waals surface area (Å²) in [6.45, 7) is 3.02. The predicted octanol–water partition coefficient (Wildman–Crippen LogP) is 3.37. The zero-order chi connectivity index (χ0) is 15.2. The summed E-state index contributed by atoms with van der Waals surface area (Å²) >= 11 is 6.04. The Balaban J connectivity index is 2.16. The van der Waals surface area contributed by atoms with Gasteiger partial charge in [-0.15, -0.1) is 0 Å². The Morgan fingerprint density at radius 2 is 2.19 bits per heavy atom. The molecular weight excluding hydrogens is 286 g/mol. The average molecular weight is 308 g/mol. The van der Waals surface area contributed by atoms with Gasteiger partial charge < -0.3 is 10.1 Å². The zero-order valence-corrected chi connectivity index (χ0v) is 13.5. The molecule has 0 aliphatic heterocycles. The van der Waals surface area contributed by atoms with Crippen molar-refractivity contribution in [3.8, 4) is 5.75 Å². The Kier molecular flexibility index (Phi) is 5.65. The molecule has 1 unspecified atom stereocenters. The van der Waals surface area contributed by atoms with Crippen LogP contribution in [0.5, 0.6) is 5.75 Å². The molecule has 1 aromatic carbocycles. The highest BCUT2D eigenvalue weighted by Crippen LogP contribution is 2.30. The van der Waals surface area contributed by atoms with Gasteiger partial charge in [-0.25, -0.2) is 0 Å². The van der Waals surface area contributed by atoms with Crippen LogP contribution in [0.25, 0.3) is 0 Å². The molecule has 0 amide bonds. The van der Waals surface area contributed by atoms with E-state index in [-0.39, 0.29) is 6.04 Å². The number of methoxy groups -OCH3 is 1. The van der Waals surface area contributed by atoms with Crippen LogP contribution in [0.4, 0.5) is 0 Å². The number of nitrogens with zero attached hydrogens (tertiary/aromatic N) is 2. The lowest BCUT2D eigenvalue weighted by molar-refractivity contribution is 0.395. The first kappa shape index (κ1) is 15.9. The number of halogens is 1. The molecule has 4 nitrogen and oxygen atoms in total. The fourth-order valence-corrected chi connectivity index (χ4v) is 2.69. The summed E-state index contributed by atoms with van der Waals surface area (Å²) < 4.78 is 7.39. The van der Waals surface area contributed by atoms with Gasteiger partial charge in [-0.05, 0) is 37.6 Å². The summed E-state index contributed by atoms with van der Waals surface area (Å²) in [5.74, 6) is 0.832. The summed E-state index contributed by atoms with van der Waals surface area (Å²) in [5.41, 5.74) is 2.37. The molecule has 0 aliphatic rings. The number of benzene rings is 1. The molecule has 0 radical (unpaired) electrons. The summed E-state index contributed by atoms with van der Waals surface area (Å²) in [6.07, 6.45) is 3.77. The fourth-order valence-electron chi connectivity index (χ4n) is 2.53. The van der Waals surface area contributed by atoms with Crippen molar-refractivity contribution < 1.29 is 4.74 Å². The third-order valence-corrected chi connectivity index (χ3v) is 3.87. The van der Waals surface area contributed by atoms with Crippen molar-refractivity contribution in [2.75, 3.05) is 13.7 Å². The summed E-state index contributed by atoms with van der Waals surface area (Å²) in [7, 11) is 3.65. The molecule has 0 aliphatic carbocycles. The van der Waals surface area contributed by atoms with Crippen LogP contribution in [-0.2, 0) is 13.5 Å². The van der Waals surface area contributed by atoms with E-state index in [1.807, 2.05) is 36.1 Å². The molecule has 1 atom stereocenters. The third-order valence-electron chi connectivity index (χ3n) is 3.63. The van der Waals surface area contributed by atoms with E-state index in [0.29, 0.717) is 5.02 Å². The lowest BCUT2D eigenvalue weighted by Crippen LogP contribution is -2.22. The second-order valence-electron chi connectivity index (χ2n) is 4.98. The fraction of sp³-hybridized carbons (Fsp3) is 0.438. The van der Waals surface area contributed by atoms with E-state index in [2.05, 4.69) is 23.4 Å². The lowest BCUT2D eigenvalue weighted by atomic mass is 10.00. The first-order valence-electron chi connectivity index (χ1n) is 7.19. The molecule has 0 spiro atoms. The quantitative estimate of drug-likeness (QED) is 0.852. The zero-order valence-electron chi connectivity index (χ0n) is 12.8. The molecule has 1 aromatic heterocycles. The number of aromatic nitrogens is 2. The maximum Gasteiger partial charge on any atom is 0.125 e. The van der Waals surface area contributed by atoms with Crippen molar-refractivity contribution in [2.24, 2.45) is 7.05 Å². The van der Waals surface area contributed by atoms with Crippen LogP contribution < -0.4 is 10.1 Å². The van der Waals surface area contributed by atoms with Crippen LogP contribution in [0.1, 0.15) is 30.6 Å². The number of nitrogens with one attached hydrogen (secondary N) is 1. The molecule has 0 saturated carbocycles. The van der Waals surface area contributed by atoms with Gasteiger partial charge in [0, 0.05) is 35.6 Å². The number of rotatable bonds is 7. The Labute approximate surface area is 131 Å². The van der Waals surface area contributed by atoms with Crippen LogP contribution in [0.15, 0.2) is 30.5 Å². The van der Waals surface area contributed by atoms with Crippen molar-refractivity contribution in [1.82, 2.24) is 15.1 Å². The van der Waals surface area contributed by atoms with E-state index in [0.717, 1.165) is 30.7 Å². The van der Waals surface area contributed by atoms with E-state index >= 15 is 0 Å². The Hall–Kier alpha value is -1.52. The second kappa shape index (κ2) is 7.48. The van der Waals surface area contributed by atoms with E-state index < -0.39 is 0 Å². The van der Waals surface area contributed by atoms with Gasteiger partial charge in [0.15, 0.2) is 0 Å². The van der Waals surface area contributed by atoms with Crippen molar-refractivity contribution in [3.63, 3.8) is 0 Å². The number of aryl methyl sites for hydroxylation is 2. The van der Waals surface area contributed by atoms with E-state index in [4.69, 9.17) is 16.3 Å². The molecule has 114 valence electrons. The van der Waals surface area contributed by atoms with Gasteiger partial charge in [0.25, 0.3) is 0 Å². The predicted molar refractivity (Wildman–Crippen MR) is 86.0 cm³/mol. The monoisotopic (exact) mass is 307 g/mol. The number of ether oxygens (including phenoxy) is 1. The van der Waals surface area contributed by atoms with Crippen LogP contribution in [0.3, 0.4) is 0 Å². The van der Waals surface area contributed by atoms with Gasteiger partial charge in [0.1, 0.15) is 5.75 Å². The highest BCUT2D eigenvalue weighted by molar-refractivity contribution is 6.30. The van der Waals surface area contributed by atoms with Gasteiger partial charge in [-0.1, -0.05) is 24.6 Å². The minimum atomic E-state index is 0.233. The lowest BCUT2D eigenvalue weighted by Gasteiger charge is -2.21. The first-order chi connectivity index (χ1) is 10.2. The van der Waals surface area contributed by atoms with Gasteiger partial charge in [0.2, 0.25) is 0 Å². The highest BCUT2D eigenvalue weighted by atomic mass is 35.5. The minimum Gasteiger partial charge on any atom is -0.496 e. The van der Waals surface area contributed by atoms with Crippen LogP contribution >= 0.6 is 11.6 Å². The van der Waals surface area contributed by atoms with Crippen molar-refractivity contribution in [2.45, 2.75) is 25.8 Å². The summed E-state index contributed by atoms with van der Waals surface area (Å²) in [4.78, 5) is 0. The highest BCUT2D eigenvalue weighted by Gasteiger charge is 2.16. The second-order valence-corrected chi connectivity index (χ2v) is 5.42. The molecular formula is C16H22ClN3O. The first-order valence-corrected chi connectivity index (χ1v) is 7.57. The van der Waals surface area contributed by atoms with Gasteiger partial charge in [-0.2, -0.15) is 5.10 Å². The van der Waals surface area contributed by atoms with Crippen molar-refractivity contribution >= 4 is 11.6 Å². The number of hydrogen-bond donors (Lipinski definition) is 1. The standard InChI is InChI=1S/C16H22ClN3O/c1-4-18-15(8-6-13-9-10-19-20(13)2)14-7-5-12(17)11-16(14)21-3/h5,7,9-11,15,18H,4,6,8H2,1-3H3. The average Bonchev–Trinajstić information content (AvgIpc) is 2.89. The Morgan fingerprint density at radius 1 is 1.38 bits per heavy atom. The van der Waals surface area contributed by atoms with Crippen LogP contribution in [-0.4, -0.2) is 23.4 Å². The topological polar surface area (TPSA) is 39.1 Å². The maximum absolute atomic E-state index is 6.04. The molecule has 1 N–H and O–H groups in total. The van der Waals surface area contributed by atoms with E-state index in [1.54, 1.807) is 7.11 Å². The Bertz CT molecular complexity index is 583. The summed E-state index contributed by atoms with van der Waals surface area (Å²) in [6, 6.07) is 8.11. The van der Waals surface area contributed by atoms with Gasteiger partial charge >= 0.3 is 0 Å². The maximum atomic E-state index is 6.04. The van der Waals surface area contributed by atoms with Crippen LogP contribution in [0, 0.1) is 0 Å². The van der Waals surface area contributed by atoms with Gasteiger partial charge in [0.05, 0.1) is 7.11 Å². The van der Waals surface area contributed by atoms with E-state index in [1.165, 1.54) is 5.69 Å². The largest absolute Gasteiger partial charge is 0.496 e. The molecule has 5 heteroatoms. The SMILES string of the molecule is CCNC(CCc1ccnn1C)c1ccc(Cl)cc1OC.